The predicted octanol–water partition coefficient (Wildman–Crippen LogP) is 4.81. The van der Waals surface area contributed by atoms with E-state index in [0.29, 0.717) is 18.7 Å². The number of aromatic nitrogens is 2. The van der Waals surface area contributed by atoms with Gasteiger partial charge in [-0.3, -0.25) is 9.48 Å². The van der Waals surface area contributed by atoms with Crippen LogP contribution in [-0.4, -0.2) is 22.0 Å². The Kier molecular flexibility index (Phi) is 6.58. The molecule has 3 rings (SSSR count). The molecule has 0 fully saturated rings. The molecule has 1 amide bonds. The van der Waals surface area contributed by atoms with Gasteiger partial charge in [-0.15, -0.1) is 0 Å². The molecule has 8 heteroatoms. The quantitative estimate of drug-likeness (QED) is 0.548. The smallest absolute Gasteiger partial charge is 0.322 e. The summed E-state index contributed by atoms with van der Waals surface area (Å²) >= 11 is 0. The van der Waals surface area contributed by atoms with Crippen LogP contribution in [-0.2, 0) is 30.4 Å². The van der Waals surface area contributed by atoms with Gasteiger partial charge >= 0.3 is 6.18 Å². The fourth-order valence-electron chi connectivity index (χ4n) is 3.31. The monoisotopic (exact) mass is 429 g/mol. The molecule has 0 bridgehead atoms. The van der Waals surface area contributed by atoms with Gasteiger partial charge in [-0.25, -0.2) is 0 Å². The summed E-state index contributed by atoms with van der Waals surface area (Å²) in [7, 11) is 0. The molecule has 0 saturated carbocycles. The zero-order chi connectivity index (χ0) is 22.6. The number of alkyl halides is 3. The Hall–Kier alpha value is -3.42. The first-order valence-corrected chi connectivity index (χ1v) is 9.79. The largest absolute Gasteiger partial charge is 0.416 e. The zero-order valence-corrected chi connectivity index (χ0v) is 17.2. The highest BCUT2D eigenvalue weighted by Crippen LogP contribution is 2.29. The molecule has 0 aliphatic heterocycles. The zero-order valence-electron chi connectivity index (χ0n) is 17.2. The number of amides is 1. The number of halogens is 3. The molecule has 0 radical (unpaired) electrons. The van der Waals surface area contributed by atoms with E-state index in [0.717, 1.165) is 59.5 Å². The molecule has 2 aromatic carbocycles. The molecule has 0 unspecified atom stereocenters. The number of carbonyl (C=O) groups is 2. The molecule has 0 aliphatic rings. The van der Waals surface area contributed by atoms with Crippen molar-refractivity contribution in [1.29, 1.82) is 0 Å². The number of aryl methyl sites for hydroxylation is 1. The average Bonchev–Trinajstić information content (AvgIpc) is 3.04. The second kappa shape index (κ2) is 9.16. The van der Waals surface area contributed by atoms with Crippen LogP contribution in [0.25, 0.3) is 0 Å². The van der Waals surface area contributed by atoms with Crippen molar-refractivity contribution in [3.05, 3.63) is 82.2 Å². The fourth-order valence-corrected chi connectivity index (χ4v) is 3.31. The summed E-state index contributed by atoms with van der Waals surface area (Å²) in [6, 6.07) is 11.2. The number of hydrogen-bond donors (Lipinski definition) is 1. The predicted molar refractivity (Wildman–Crippen MR) is 111 cm³/mol. The van der Waals surface area contributed by atoms with E-state index in [4.69, 9.17) is 0 Å². The van der Waals surface area contributed by atoms with Crippen LogP contribution in [0.3, 0.4) is 0 Å². The lowest BCUT2D eigenvalue weighted by molar-refractivity contribution is -0.137. The first kappa shape index (κ1) is 22.3. The van der Waals surface area contributed by atoms with E-state index >= 15 is 0 Å². The van der Waals surface area contributed by atoms with Crippen LogP contribution in [0.4, 0.5) is 18.9 Å². The molecular weight excluding hydrogens is 407 g/mol. The SMILES string of the molecule is CCc1nn(Cc2ccc(NC(=O)c3ccc(C(F)(F)F)cc3)cc2)c(C)c1CC=O. The number of anilines is 1. The standard InChI is InChI=1S/C23H22F3N3O2/c1-3-21-20(12-13-30)15(2)29(28-21)14-16-4-10-19(11-5-16)27-22(31)17-6-8-18(9-7-17)23(24,25)26/h4-11,13H,3,12,14H2,1-2H3,(H,27,31). The fraction of sp³-hybridized carbons (Fsp3) is 0.261. The van der Waals surface area contributed by atoms with Crippen LogP contribution >= 0.6 is 0 Å². The summed E-state index contributed by atoms with van der Waals surface area (Å²) in [6.07, 6.45) is -2.48. The van der Waals surface area contributed by atoms with E-state index in [-0.39, 0.29) is 5.56 Å². The Balaban J connectivity index is 1.68. The van der Waals surface area contributed by atoms with E-state index in [2.05, 4.69) is 10.4 Å². The van der Waals surface area contributed by atoms with Gasteiger partial charge in [-0.2, -0.15) is 18.3 Å². The van der Waals surface area contributed by atoms with Gasteiger partial charge in [0.15, 0.2) is 0 Å². The number of nitrogens with zero attached hydrogens (tertiary/aromatic N) is 2. The lowest BCUT2D eigenvalue weighted by Crippen LogP contribution is -2.13. The number of nitrogens with one attached hydrogen (secondary N) is 1. The minimum Gasteiger partial charge on any atom is -0.322 e. The van der Waals surface area contributed by atoms with Gasteiger partial charge in [0.25, 0.3) is 5.91 Å². The molecule has 1 N–H and O–H groups in total. The summed E-state index contributed by atoms with van der Waals surface area (Å²) in [5, 5.41) is 7.26. The van der Waals surface area contributed by atoms with Crippen LogP contribution in [0.15, 0.2) is 48.5 Å². The average molecular weight is 429 g/mol. The Labute approximate surface area is 177 Å². The highest BCUT2D eigenvalue weighted by Gasteiger charge is 2.30. The summed E-state index contributed by atoms with van der Waals surface area (Å²) in [4.78, 5) is 23.2. The summed E-state index contributed by atoms with van der Waals surface area (Å²) in [6.45, 7) is 4.45. The van der Waals surface area contributed by atoms with E-state index in [1.807, 2.05) is 30.7 Å². The van der Waals surface area contributed by atoms with Crippen LogP contribution in [0.5, 0.6) is 0 Å². The Morgan fingerprint density at radius 1 is 1.10 bits per heavy atom. The first-order chi connectivity index (χ1) is 14.7. The van der Waals surface area contributed by atoms with Crippen molar-refractivity contribution in [2.24, 2.45) is 0 Å². The maximum absolute atomic E-state index is 12.6. The molecular formula is C23H22F3N3O2. The van der Waals surface area contributed by atoms with Crippen molar-refractivity contribution in [2.75, 3.05) is 5.32 Å². The Morgan fingerprint density at radius 2 is 1.74 bits per heavy atom. The van der Waals surface area contributed by atoms with Crippen molar-refractivity contribution < 1.29 is 22.8 Å². The molecule has 0 atom stereocenters. The molecule has 3 aromatic rings. The van der Waals surface area contributed by atoms with Gasteiger partial charge in [-0.1, -0.05) is 19.1 Å². The highest BCUT2D eigenvalue weighted by atomic mass is 19.4. The lowest BCUT2D eigenvalue weighted by Gasteiger charge is -2.09. The van der Waals surface area contributed by atoms with Crippen molar-refractivity contribution in [3.8, 4) is 0 Å². The van der Waals surface area contributed by atoms with Gasteiger partial charge in [0.2, 0.25) is 0 Å². The van der Waals surface area contributed by atoms with E-state index in [1.54, 1.807) is 12.1 Å². The van der Waals surface area contributed by atoms with Crippen molar-refractivity contribution in [2.45, 2.75) is 39.4 Å². The van der Waals surface area contributed by atoms with Gasteiger partial charge < -0.3 is 10.1 Å². The topological polar surface area (TPSA) is 64.0 Å². The molecule has 5 nitrogen and oxygen atoms in total. The Bertz CT molecular complexity index is 1070. The number of rotatable bonds is 7. The summed E-state index contributed by atoms with van der Waals surface area (Å²) < 4.78 is 39.8. The second-order valence-corrected chi connectivity index (χ2v) is 7.12. The van der Waals surface area contributed by atoms with Crippen LogP contribution < -0.4 is 5.32 Å². The van der Waals surface area contributed by atoms with Crippen molar-refractivity contribution >= 4 is 17.9 Å². The van der Waals surface area contributed by atoms with Gasteiger partial charge in [0.05, 0.1) is 17.8 Å². The van der Waals surface area contributed by atoms with Crippen LogP contribution in [0.2, 0.25) is 0 Å². The number of aldehydes is 1. The number of carbonyl (C=O) groups excluding carboxylic acids is 2. The molecule has 162 valence electrons. The molecule has 31 heavy (non-hydrogen) atoms. The molecule has 1 aromatic heterocycles. The van der Waals surface area contributed by atoms with Gasteiger partial charge in [0, 0.05) is 28.9 Å². The third kappa shape index (κ3) is 5.20. The minimum atomic E-state index is -4.44. The van der Waals surface area contributed by atoms with Crippen LogP contribution in [0.1, 0.15) is 45.4 Å². The third-order valence-electron chi connectivity index (χ3n) is 5.05. The molecule has 0 spiro atoms. The summed E-state index contributed by atoms with van der Waals surface area (Å²) in [5.41, 5.74) is 3.63. The lowest BCUT2D eigenvalue weighted by atomic mass is 10.1. The third-order valence-corrected chi connectivity index (χ3v) is 5.05. The van der Waals surface area contributed by atoms with Crippen molar-refractivity contribution in [3.63, 3.8) is 0 Å². The van der Waals surface area contributed by atoms with Crippen LogP contribution in [0, 0.1) is 6.92 Å². The molecule has 0 aliphatic carbocycles. The maximum atomic E-state index is 12.6. The van der Waals surface area contributed by atoms with Gasteiger partial charge in [0.1, 0.15) is 6.29 Å². The van der Waals surface area contributed by atoms with Crippen molar-refractivity contribution in [1.82, 2.24) is 9.78 Å². The first-order valence-electron chi connectivity index (χ1n) is 9.79. The summed E-state index contributed by atoms with van der Waals surface area (Å²) in [5.74, 6) is -0.490. The number of hydrogen-bond acceptors (Lipinski definition) is 3. The minimum absolute atomic E-state index is 0.138. The normalized spacial score (nSPS) is 11.4. The highest BCUT2D eigenvalue weighted by molar-refractivity contribution is 6.04. The van der Waals surface area contributed by atoms with E-state index < -0.39 is 17.6 Å². The maximum Gasteiger partial charge on any atom is 0.416 e. The second-order valence-electron chi connectivity index (χ2n) is 7.12. The molecule has 0 saturated heterocycles. The number of benzene rings is 2. The Morgan fingerprint density at radius 3 is 2.29 bits per heavy atom. The van der Waals surface area contributed by atoms with Gasteiger partial charge in [-0.05, 0) is 55.3 Å². The van der Waals surface area contributed by atoms with E-state index in [9.17, 15) is 22.8 Å². The van der Waals surface area contributed by atoms with E-state index in [1.165, 1.54) is 0 Å². The molecule has 1 heterocycles.